The summed E-state index contributed by atoms with van der Waals surface area (Å²) in [5.41, 5.74) is 4.87. The minimum atomic E-state index is -0.394. The molecule has 0 radical (unpaired) electrons. The smallest absolute Gasteiger partial charge is 0.269 e. The monoisotopic (exact) mass is 370 g/mol. The summed E-state index contributed by atoms with van der Waals surface area (Å²) in [6, 6.07) is 18.7. The van der Waals surface area contributed by atoms with E-state index in [4.69, 9.17) is 0 Å². The van der Waals surface area contributed by atoms with Gasteiger partial charge in [0.1, 0.15) is 0 Å². The molecule has 1 atom stereocenters. The summed E-state index contributed by atoms with van der Waals surface area (Å²) in [7, 11) is 0. The van der Waals surface area contributed by atoms with Crippen molar-refractivity contribution in [3.05, 3.63) is 87.5 Å². The number of nitro benzene ring substituents is 1. The molecule has 0 spiro atoms. The molecule has 0 aromatic heterocycles. The number of hydrogen-bond donors (Lipinski definition) is 1. The molecule has 5 nitrogen and oxygen atoms in total. The fourth-order valence-electron chi connectivity index (χ4n) is 4.43. The zero-order valence-electron chi connectivity index (χ0n) is 15.1. The molecular formula is C23H18N2O3. The highest BCUT2D eigenvalue weighted by molar-refractivity contribution is 6.27. The maximum atomic E-state index is 13.0. The molecule has 0 bridgehead atoms. The number of nitrogens with one attached hydrogen (secondary N) is 1. The molecule has 3 aromatic rings. The Morgan fingerprint density at radius 3 is 2.54 bits per heavy atom. The van der Waals surface area contributed by atoms with Crippen molar-refractivity contribution in [3.63, 3.8) is 0 Å². The van der Waals surface area contributed by atoms with Gasteiger partial charge in [0, 0.05) is 35.4 Å². The molecule has 2 aliphatic rings. The maximum Gasteiger partial charge on any atom is 0.269 e. The van der Waals surface area contributed by atoms with Crippen LogP contribution >= 0.6 is 0 Å². The molecule has 138 valence electrons. The predicted molar refractivity (Wildman–Crippen MR) is 109 cm³/mol. The minimum Gasteiger partial charge on any atom is -0.374 e. The van der Waals surface area contributed by atoms with Crippen LogP contribution in [0.1, 0.15) is 36.4 Å². The van der Waals surface area contributed by atoms with Crippen LogP contribution in [0.3, 0.4) is 0 Å². The van der Waals surface area contributed by atoms with Gasteiger partial charge in [0.25, 0.3) is 5.69 Å². The number of ketones is 1. The van der Waals surface area contributed by atoms with Gasteiger partial charge in [-0.2, -0.15) is 0 Å². The second kappa shape index (κ2) is 6.30. The van der Waals surface area contributed by atoms with E-state index in [0.717, 1.165) is 51.6 Å². The number of fused-ring (bicyclic) bond motifs is 4. The zero-order chi connectivity index (χ0) is 19.3. The van der Waals surface area contributed by atoms with E-state index >= 15 is 0 Å². The van der Waals surface area contributed by atoms with Gasteiger partial charge in [-0.1, -0.05) is 30.3 Å². The molecule has 5 heteroatoms. The summed E-state index contributed by atoms with van der Waals surface area (Å²) in [4.78, 5) is 23.6. The van der Waals surface area contributed by atoms with E-state index in [0.29, 0.717) is 6.42 Å². The van der Waals surface area contributed by atoms with Gasteiger partial charge in [-0.3, -0.25) is 14.9 Å². The Morgan fingerprint density at radius 2 is 1.75 bits per heavy atom. The van der Waals surface area contributed by atoms with Crippen LogP contribution in [-0.2, 0) is 4.79 Å². The van der Waals surface area contributed by atoms with Crippen LogP contribution in [0.15, 0.2) is 66.2 Å². The van der Waals surface area contributed by atoms with Crippen molar-refractivity contribution < 1.29 is 9.72 Å². The topological polar surface area (TPSA) is 72.2 Å². The van der Waals surface area contributed by atoms with Crippen LogP contribution in [0.4, 0.5) is 11.4 Å². The van der Waals surface area contributed by atoms with Gasteiger partial charge in [0.15, 0.2) is 5.78 Å². The third kappa shape index (κ3) is 2.51. The largest absolute Gasteiger partial charge is 0.374 e. The number of nitrogens with zero attached hydrogens (tertiary/aromatic N) is 1. The Balaban J connectivity index is 1.72. The first-order chi connectivity index (χ1) is 13.6. The lowest BCUT2D eigenvalue weighted by molar-refractivity contribution is -0.384. The lowest BCUT2D eigenvalue weighted by Crippen LogP contribution is -2.25. The highest BCUT2D eigenvalue weighted by Gasteiger charge is 2.34. The molecule has 0 saturated carbocycles. The number of anilines is 1. The lowest BCUT2D eigenvalue weighted by atomic mass is 9.77. The Morgan fingerprint density at radius 1 is 0.964 bits per heavy atom. The molecule has 3 aromatic carbocycles. The fraction of sp³-hybridized carbons (Fsp3) is 0.174. The average molecular weight is 370 g/mol. The maximum absolute atomic E-state index is 13.0. The molecule has 0 amide bonds. The number of rotatable bonds is 2. The number of Topliss-reactive ketones (excluding diaryl/α,β-unsaturated/α-hetero) is 1. The predicted octanol–water partition coefficient (Wildman–Crippen LogP) is 5.42. The van der Waals surface area contributed by atoms with Crippen molar-refractivity contribution in [1.82, 2.24) is 0 Å². The van der Waals surface area contributed by atoms with Gasteiger partial charge in [0.05, 0.1) is 11.0 Å². The van der Waals surface area contributed by atoms with Gasteiger partial charge >= 0.3 is 0 Å². The Bertz CT molecular complexity index is 1160. The molecule has 0 saturated heterocycles. The molecule has 0 unspecified atom stereocenters. The lowest BCUT2D eigenvalue weighted by Gasteiger charge is -2.35. The SMILES string of the molecule is O=C1CCCC2=C1c1c(ccc3ccccc13)N[C@H]2c1ccc([N+](=O)[O-])cc1. The molecule has 1 heterocycles. The summed E-state index contributed by atoms with van der Waals surface area (Å²) in [6.07, 6.45) is 2.25. The van der Waals surface area contributed by atoms with Gasteiger partial charge in [-0.15, -0.1) is 0 Å². The number of nitro groups is 1. The van der Waals surface area contributed by atoms with Crippen LogP contribution in [0.2, 0.25) is 0 Å². The van der Waals surface area contributed by atoms with Crippen LogP contribution in [0, 0.1) is 10.1 Å². The third-order valence-corrected chi connectivity index (χ3v) is 5.71. The average Bonchev–Trinajstić information content (AvgIpc) is 2.73. The van der Waals surface area contributed by atoms with Crippen molar-refractivity contribution in [2.24, 2.45) is 0 Å². The van der Waals surface area contributed by atoms with Crippen LogP contribution in [-0.4, -0.2) is 10.7 Å². The Kier molecular flexibility index (Phi) is 3.76. The van der Waals surface area contributed by atoms with E-state index in [1.807, 2.05) is 18.2 Å². The summed E-state index contributed by atoms with van der Waals surface area (Å²) in [5.74, 6) is 0.187. The second-order valence-corrected chi connectivity index (χ2v) is 7.31. The van der Waals surface area contributed by atoms with Crippen molar-refractivity contribution in [3.8, 4) is 0 Å². The van der Waals surface area contributed by atoms with Gasteiger partial charge in [-0.25, -0.2) is 0 Å². The van der Waals surface area contributed by atoms with Gasteiger partial charge in [0.2, 0.25) is 0 Å². The van der Waals surface area contributed by atoms with Crippen molar-refractivity contribution in [1.29, 1.82) is 0 Å². The van der Waals surface area contributed by atoms with Gasteiger partial charge in [-0.05, 0) is 52.9 Å². The quantitative estimate of drug-likeness (QED) is 0.483. The van der Waals surface area contributed by atoms with Crippen molar-refractivity contribution >= 4 is 33.5 Å². The second-order valence-electron chi connectivity index (χ2n) is 7.31. The number of non-ortho nitro benzene ring substituents is 1. The van der Waals surface area contributed by atoms with Gasteiger partial charge < -0.3 is 5.32 Å². The van der Waals surface area contributed by atoms with Crippen molar-refractivity contribution in [2.75, 3.05) is 5.32 Å². The van der Waals surface area contributed by atoms with Crippen LogP contribution in [0.25, 0.3) is 16.3 Å². The van der Waals surface area contributed by atoms with Crippen LogP contribution in [0.5, 0.6) is 0 Å². The van der Waals surface area contributed by atoms with E-state index < -0.39 is 4.92 Å². The normalized spacial score (nSPS) is 18.4. The molecule has 28 heavy (non-hydrogen) atoms. The van der Waals surface area contributed by atoms with E-state index in [1.54, 1.807) is 12.1 Å². The summed E-state index contributed by atoms with van der Waals surface area (Å²) >= 11 is 0. The Hall–Kier alpha value is -3.47. The molecular weight excluding hydrogens is 352 g/mol. The first kappa shape index (κ1) is 16.7. The molecule has 5 rings (SSSR count). The van der Waals surface area contributed by atoms with E-state index in [2.05, 4.69) is 23.5 Å². The standard InChI is InChI=1S/C23H18N2O3/c26-20-7-3-6-18-22(20)21-17-5-2-1-4-14(17)10-13-19(21)24-23(18)15-8-11-16(12-9-15)25(27)28/h1-2,4-5,8-13,23-24H,3,6-7H2/t23-/m0/s1. The van der Waals surface area contributed by atoms with Crippen LogP contribution < -0.4 is 5.32 Å². The first-order valence-corrected chi connectivity index (χ1v) is 9.43. The molecule has 0 fully saturated rings. The number of hydrogen-bond acceptors (Lipinski definition) is 4. The number of benzene rings is 3. The minimum absolute atomic E-state index is 0.0693. The summed E-state index contributed by atoms with van der Waals surface area (Å²) in [6.45, 7) is 0. The van der Waals surface area contributed by atoms with Crippen molar-refractivity contribution in [2.45, 2.75) is 25.3 Å². The Labute approximate surface area is 161 Å². The fourth-order valence-corrected chi connectivity index (χ4v) is 4.43. The van der Waals surface area contributed by atoms with E-state index in [-0.39, 0.29) is 17.5 Å². The highest BCUT2D eigenvalue weighted by atomic mass is 16.6. The zero-order valence-corrected chi connectivity index (χ0v) is 15.1. The highest BCUT2D eigenvalue weighted by Crippen LogP contribution is 2.47. The molecule has 1 aliphatic heterocycles. The van der Waals surface area contributed by atoms with E-state index in [1.165, 1.54) is 12.1 Å². The number of carbonyl (C=O) groups is 1. The first-order valence-electron chi connectivity index (χ1n) is 9.43. The summed E-state index contributed by atoms with van der Waals surface area (Å²) in [5, 5.41) is 16.8. The number of allylic oxidation sites excluding steroid dienone is 1. The summed E-state index contributed by atoms with van der Waals surface area (Å²) < 4.78 is 0. The number of carbonyl (C=O) groups excluding carboxylic acids is 1. The molecule has 1 N–H and O–H groups in total. The molecule has 1 aliphatic carbocycles. The van der Waals surface area contributed by atoms with E-state index in [9.17, 15) is 14.9 Å². The third-order valence-electron chi connectivity index (χ3n) is 5.71.